The molecule has 0 saturated carbocycles. The summed E-state index contributed by atoms with van der Waals surface area (Å²) in [6.45, 7) is 0.319. The molecule has 0 spiro atoms. The lowest BCUT2D eigenvalue weighted by atomic mass is 10.1. The van der Waals surface area contributed by atoms with Gasteiger partial charge in [-0.1, -0.05) is 29.8 Å². The topological polar surface area (TPSA) is 53.7 Å². The number of methoxy groups -OCH3 is 2. The van der Waals surface area contributed by atoms with E-state index in [-0.39, 0.29) is 6.04 Å². The third kappa shape index (κ3) is 3.80. The summed E-state index contributed by atoms with van der Waals surface area (Å²) in [6, 6.07) is 12.6. The van der Waals surface area contributed by atoms with Gasteiger partial charge in [-0.25, -0.2) is 0 Å². The molecule has 0 radical (unpaired) electrons. The fourth-order valence-corrected chi connectivity index (χ4v) is 2.11. The van der Waals surface area contributed by atoms with Crippen molar-refractivity contribution in [3.63, 3.8) is 0 Å². The summed E-state index contributed by atoms with van der Waals surface area (Å²) in [4.78, 5) is 0. The van der Waals surface area contributed by atoms with Gasteiger partial charge in [0.15, 0.2) is 11.5 Å². The van der Waals surface area contributed by atoms with Crippen LogP contribution in [0.25, 0.3) is 0 Å². The van der Waals surface area contributed by atoms with E-state index in [0.717, 1.165) is 5.56 Å². The van der Waals surface area contributed by atoms with Crippen molar-refractivity contribution in [2.75, 3.05) is 20.8 Å². The Kier molecular flexibility index (Phi) is 5.31. The smallest absolute Gasteiger partial charge is 0.161 e. The molecule has 0 bridgehead atoms. The van der Waals surface area contributed by atoms with Crippen molar-refractivity contribution >= 4 is 11.6 Å². The van der Waals surface area contributed by atoms with Crippen LogP contribution >= 0.6 is 11.6 Å². The summed E-state index contributed by atoms with van der Waals surface area (Å²) >= 11 is 6.04. The number of ether oxygens (including phenoxy) is 3. The van der Waals surface area contributed by atoms with E-state index in [0.29, 0.717) is 28.9 Å². The Morgan fingerprint density at radius 1 is 1.00 bits per heavy atom. The standard InChI is InChI=1S/C16H18ClNO3/c1-19-15-8-7-11(9-16(15)20-2)13(18)10-21-14-6-4-3-5-12(14)17/h3-9,13H,10,18H2,1-2H3. The van der Waals surface area contributed by atoms with E-state index >= 15 is 0 Å². The number of hydrogen-bond acceptors (Lipinski definition) is 4. The first kappa shape index (κ1) is 15.5. The van der Waals surface area contributed by atoms with Gasteiger partial charge in [0.25, 0.3) is 0 Å². The molecule has 0 aliphatic heterocycles. The minimum atomic E-state index is -0.291. The van der Waals surface area contributed by atoms with Crippen molar-refractivity contribution in [1.82, 2.24) is 0 Å². The lowest BCUT2D eigenvalue weighted by Gasteiger charge is -2.16. The molecule has 0 aliphatic rings. The number of hydrogen-bond donors (Lipinski definition) is 1. The molecule has 0 saturated heterocycles. The van der Waals surface area contributed by atoms with Crippen molar-refractivity contribution in [2.24, 2.45) is 5.73 Å². The molecule has 2 aromatic rings. The number of nitrogens with two attached hydrogens (primary N) is 1. The number of rotatable bonds is 6. The summed E-state index contributed by atoms with van der Waals surface area (Å²) in [5.74, 6) is 1.93. The van der Waals surface area contributed by atoms with Gasteiger partial charge in [-0.05, 0) is 29.8 Å². The van der Waals surface area contributed by atoms with Gasteiger partial charge in [-0.3, -0.25) is 0 Å². The van der Waals surface area contributed by atoms with Crippen LogP contribution in [-0.4, -0.2) is 20.8 Å². The fraction of sp³-hybridized carbons (Fsp3) is 0.250. The summed E-state index contributed by atoms with van der Waals surface area (Å²) in [6.07, 6.45) is 0. The first-order valence-electron chi connectivity index (χ1n) is 6.50. The number of para-hydroxylation sites is 1. The second-order valence-electron chi connectivity index (χ2n) is 4.46. The molecule has 0 aromatic heterocycles. The minimum Gasteiger partial charge on any atom is -0.493 e. The highest BCUT2D eigenvalue weighted by molar-refractivity contribution is 6.32. The quantitative estimate of drug-likeness (QED) is 0.888. The van der Waals surface area contributed by atoms with Gasteiger partial charge in [0, 0.05) is 0 Å². The van der Waals surface area contributed by atoms with Gasteiger partial charge in [0.2, 0.25) is 0 Å². The molecule has 4 nitrogen and oxygen atoms in total. The van der Waals surface area contributed by atoms with Crippen molar-refractivity contribution in [3.8, 4) is 17.2 Å². The molecule has 1 unspecified atom stereocenters. The molecule has 2 aromatic carbocycles. The van der Waals surface area contributed by atoms with Gasteiger partial charge in [-0.15, -0.1) is 0 Å². The van der Waals surface area contributed by atoms with E-state index < -0.39 is 0 Å². The first-order valence-corrected chi connectivity index (χ1v) is 6.88. The molecule has 0 heterocycles. The SMILES string of the molecule is COc1ccc(C(N)COc2ccccc2Cl)cc1OC. The third-order valence-corrected chi connectivity index (χ3v) is 3.40. The summed E-state index contributed by atoms with van der Waals surface area (Å²) in [5, 5.41) is 0.567. The van der Waals surface area contributed by atoms with Gasteiger partial charge in [-0.2, -0.15) is 0 Å². The molecule has 0 fully saturated rings. The second-order valence-corrected chi connectivity index (χ2v) is 4.87. The lowest BCUT2D eigenvalue weighted by Crippen LogP contribution is -2.19. The van der Waals surface area contributed by atoms with E-state index in [1.165, 1.54) is 0 Å². The highest BCUT2D eigenvalue weighted by atomic mass is 35.5. The second kappa shape index (κ2) is 7.20. The van der Waals surface area contributed by atoms with E-state index in [1.54, 1.807) is 20.3 Å². The monoisotopic (exact) mass is 307 g/mol. The zero-order valence-corrected chi connectivity index (χ0v) is 12.8. The minimum absolute atomic E-state index is 0.291. The lowest BCUT2D eigenvalue weighted by molar-refractivity contribution is 0.290. The molecule has 2 N–H and O–H groups in total. The predicted molar refractivity (Wildman–Crippen MR) is 83.4 cm³/mol. The van der Waals surface area contributed by atoms with Crippen LogP contribution in [-0.2, 0) is 0 Å². The maximum atomic E-state index is 6.14. The Bertz CT molecular complexity index is 604. The molecule has 21 heavy (non-hydrogen) atoms. The highest BCUT2D eigenvalue weighted by Crippen LogP contribution is 2.30. The van der Waals surface area contributed by atoms with Gasteiger partial charge < -0.3 is 19.9 Å². The van der Waals surface area contributed by atoms with Crippen molar-refractivity contribution in [2.45, 2.75) is 6.04 Å². The Balaban J connectivity index is 2.06. The van der Waals surface area contributed by atoms with Gasteiger partial charge >= 0.3 is 0 Å². The van der Waals surface area contributed by atoms with Crippen LogP contribution < -0.4 is 19.9 Å². The zero-order valence-electron chi connectivity index (χ0n) is 12.0. The van der Waals surface area contributed by atoms with E-state index in [2.05, 4.69) is 0 Å². The average Bonchev–Trinajstić information content (AvgIpc) is 2.53. The van der Waals surface area contributed by atoms with Crippen LogP contribution in [0.2, 0.25) is 5.02 Å². The fourth-order valence-electron chi connectivity index (χ4n) is 1.92. The largest absolute Gasteiger partial charge is 0.493 e. The maximum absolute atomic E-state index is 6.14. The van der Waals surface area contributed by atoms with Crippen LogP contribution in [0, 0.1) is 0 Å². The van der Waals surface area contributed by atoms with Crippen LogP contribution in [0.15, 0.2) is 42.5 Å². The van der Waals surface area contributed by atoms with Crippen LogP contribution in [0.5, 0.6) is 17.2 Å². The van der Waals surface area contributed by atoms with Crippen molar-refractivity contribution in [1.29, 1.82) is 0 Å². The molecule has 0 amide bonds. The molecule has 1 atom stereocenters. The molecule has 2 rings (SSSR count). The summed E-state index contributed by atoms with van der Waals surface area (Å²) in [5.41, 5.74) is 7.05. The third-order valence-electron chi connectivity index (χ3n) is 3.09. The van der Waals surface area contributed by atoms with Gasteiger partial charge in [0.05, 0.1) is 25.3 Å². The van der Waals surface area contributed by atoms with Crippen molar-refractivity contribution in [3.05, 3.63) is 53.1 Å². The van der Waals surface area contributed by atoms with E-state index in [4.69, 9.17) is 31.5 Å². The van der Waals surface area contributed by atoms with E-state index in [1.807, 2.05) is 36.4 Å². The van der Waals surface area contributed by atoms with E-state index in [9.17, 15) is 0 Å². The predicted octanol–water partition coefficient (Wildman–Crippen LogP) is 3.44. The number of halogens is 1. The van der Waals surface area contributed by atoms with Crippen LogP contribution in [0.1, 0.15) is 11.6 Å². The Labute approximate surface area is 129 Å². The Morgan fingerprint density at radius 2 is 1.71 bits per heavy atom. The maximum Gasteiger partial charge on any atom is 0.161 e. The molecule has 5 heteroatoms. The van der Waals surface area contributed by atoms with Crippen molar-refractivity contribution < 1.29 is 14.2 Å². The summed E-state index contributed by atoms with van der Waals surface area (Å²) in [7, 11) is 3.19. The molecule has 0 aliphatic carbocycles. The van der Waals surface area contributed by atoms with Crippen LogP contribution in [0.4, 0.5) is 0 Å². The molecular weight excluding hydrogens is 290 g/mol. The van der Waals surface area contributed by atoms with Crippen LogP contribution in [0.3, 0.4) is 0 Å². The zero-order chi connectivity index (χ0) is 15.2. The molecule has 112 valence electrons. The number of benzene rings is 2. The first-order chi connectivity index (χ1) is 10.2. The van der Waals surface area contributed by atoms with Gasteiger partial charge in [0.1, 0.15) is 12.4 Å². The highest BCUT2D eigenvalue weighted by Gasteiger charge is 2.12. The Morgan fingerprint density at radius 3 is 2.38 bits per heavy atom. The molecular formula is C16H18ClNO3. The normalized spacial score (nSPS) is 11.8. The average molecular weight is 308 g/mol. The summed E-state index contributed by atoms with van der Waals surface area (Å²) < 4.78 is 16.1. The Hall–Kier alpha value is -1.91.